The first kappa shape index (κ1) is 29.0. The van der Waals surface area contributed by atoms with Crippen LogP contribution >= 0.6 is 0 Å². The summed E-state index contributed by atoms with van der Waals surface area (Å²) in [6, 6.07) is 25.3. The van der Waals surface area contributed by atoms with Crippen LogP contribution in [-0.4, -0.2) is 25.2 Å². The van der Waals surface area contributed by atoms with Gasteiger partial charge in [0.1, 0.15) is 22.0 Å². The lowest BCUT2D eigenvalue weighted by atomic mass is 10.1. The number of phenols is 1. The highest BCUT2D eigenvalue weighted by Crippen LogP contribution is 2.39. The van der Waals surface area contributed by atoms with Crippen molar-refractivity contribution in [2.45, 2.75) is 11.8 Å². The summed E-state index contributed by atoms with van der Waals surface area (Å²) in [4.78, 5) is -0.442. The molecule has 5 aromatic carbocycles. The van der Waals surface area contributed by atoms with E-state index in [-0.39, 0.29) is 22.5 Å². The maximum Gasteiger partial charge on any atom is 0.296 e. The van der Waals surface area contributed by atoms with Crippen LogP contribution in [0.3, 0.4) is 0 Å². The number of phenolic OH excluding ortho intramolecular Hbond substituents is 1. The number of fused-ring (bicyclic) bond motifs is 1. The molecule has 0 fully saturated rings. The largest absolute Gasteiger partial charge is 0.505 e. The number of ether oxygens (including phenoxy) is 1. The Bertz CT molecular complexity index is 2030. The van der Waals surface area contributed by atoms with Crippen LogP contribution in [0.25, 0.3) is 10.8 Å². The van der Waals surface area contributed by atoms with Crippen LogP contribution in [0, 0.1) is 6.92 Å². The van der Waals surface area contributed by atoms with Crippen molar-refractivity contribution < 1.29 is 22.8 Å². The molecule has 0 spiro atoms. The summed E-state index contributed by atoms with van der Waals surface area (Å²) in [5, 5.41) is 36.8. The maximum atomic E-state index is 11.5. The standard InChI is InChI=1S/C30H25N7O5S/c1-18-14-21(34-37-27-11-8-19-15-29(43(39,40)41)24(31)17-23(19)30(27)38)9-12-25(18)35-36-26-13-10-22(16-28(26)42-2)33-32-20-6-4-3-5-7-20/h3-17,38H,31H2,1-2H3,(H,39,40,41). The number of nitrogens with two attached hydrogens (primary N) is 1. The second kappa shape index (κ2) is 12.1. The fourth-order valence-electron chi connectivity index (χ4n) is 4.10. The van der Waals surface area contributed by atoms with Gasteiger partial charge in [0.15, 0.2) is 5.75 Å². The fraction of sp³-hybridized carbons (Fsp3) is 0.0667. The summed E-state index contributed by atoms with van der Waals surface area (Å²) in [5.74, 6) is 0.251. The van der Waals surface area contributed by atoms with Crippen molar-refractivity contribution in [3.8, 4) is 11.5 Å². The summed E-state index contributed by atoms with van der Waals surface area (Å²) in [5.41, 5.74) is 9.45. The molecule has 0 aliphatic heterocycles. The van der Waals surface area contributed by atoms with Gasteiger partial charge in [-0.3, -0.25) is 4.55 Å². The summed E-state index contributed by atoms with van der Waals surface area (Å²) in [6.45, 7) is 1.85. The monoisotopic (exact) mass is 595 g/mol. The first-order valence-corrected chi connectivity index (χ1v) is 14.2. The van der Waals surface area contributed by atoms with Gasteiger partial charge in [-0.1, -0.05) is 24.3 Å². The van der Waals surface area contributed by atoms with Crippen molar-refractivity contribution in [1.82, 2.24) is 0 Å². The first-order valence-electron chi connectivity index (χ1n) is 12.7. The van der Waals surface area contributed by atoms with E-state index >= 15 is 0 Å². The second-order valence-electron chi connectivity index (χ2n) is 9.28. The zero-order chi connectivity index (χ0) is 30.6. The van der Waals surface area contributed by atoms with Gasteiger partial charge >= 0.3 is 0 Å². The Balaban J connectivity index is 1.33. The molecule has 4 N–H and O–H groups in total. The average molecular weight is 596 g/mol. The molecule has 5 aromatic rings. The van der Waals surface area contributed by atoms with Gasteiger partial charge in [0.2, 0.25) is 0 Å². The van der Waals surface area contributed by atoms with Crippen molar-refractivity contribution in [3.63, 3.8) is 0 Å². The van der Waals surface area contributed by atoms with E-state index in [2.05, 4.69) is 30.7 Å². The summed E-state index contributed by atoms with van der Waals surface area (Å²) >= 11 is 0. The highest BCUT2D eigenvalue weighted by molar-refractivity contribution is 7.86. The average Bonchev–Trinajstić information content (AvgIpc) is 2.99. The predicted molar refractivity (Wildman–Crippen MR) is 163 cm³/mol. The van der Waals surface area contributed by atoms with E-state index in [1.165, 1.54) is 25.3 Å². The molecular weight excluding hydrogens is 570 g/mol. The summed E-state index contributed by atoms with van der Waals surface area (Å²) < 4.78 is 37.9. The van der Waals surface area contributed by atoms with Crippen molar-refractivity contribution in [2.75, 3.05) is 12.8 Å². The third kappa shape index (κ3) is 6.69. The van der Waals surface area contributed by atoms with Gasteiger partial charge in [-0.05, 0) is 78.5 Å². The van der Waals surface area contributed by atoms with E-state index in [4.69, 9.17) is 10.5 Å². The topological polar surface area (TPSA) is 184 Å². The molecule has 13 heteroatoms. The van der Waals surface area contributed by atoms with Gasteiger partial charge < -0.3 is 15.6 Å². The number of hydrogen-bond acceptors (Lipinski definition) is 11. The quantitative estimate of drug-likeness (QED) is 0.0912. The normalized spacial score (nSPS) is 12.2. The molecule has 0 aliphatic carbocycles. The van der Waals surface area contributed by atoms with Gasteiger partial charge in [0.05, 0.1) is 35.5 Å². The van der Waals surface area contributed by atoms with Crippen LogP contribution in [0.1, 0.15) is 5.56 Å². The Kier molecular flexibility index (Phi) is 8.18. The first-order chi connectivity index (χ1) is 20.6. The minimum Gasteiger partial charge on any atom is -0.505 e. The van der Waals surface area contributed by atoms with E-state index < -0.39 is 15.0 Å². The van der Waals surface area contributed by atoms with Crippen LogP contribution in [0.4, 0.5) is 39.8 Å². The van der Waals surface area contributed by atoms with E-state index in [1.807, 2.05) is 37.3 Å². The molecule has 0 amide bonds. The number of azo groups is 3. The Morgan fingerprint density at radius 2 is 1.30 bits per heavy atom. The lowest BCUT2D eigenvalue weighted by Crippen LogP contribution is -2.03. The van der Waals surface area contributed by atoms with E-state index in [0.717, 1.165) is 11.3 Å². The van der Waals surface area contributed by atoms with Crippen molar-refractivity contribution in [2.24, 2.45) is 30.7 Å². The van der Waals surface area contributed by atoms with Crippen molar-refractivity contribution in [3.05, 3.63) is 96.6 Å². The van der Waals surface area contributed by atoms with E-state index in [0.29, 0.717) is 33.9 Å². The zero-order valence-corrected chi connectivity index (χ0v) is 23.8. The molecule has 0 saturated carbocycles. The Morgan fingerprint density at radius 1 is 0.698 bits per heavy atom. The SMILES string of the molecule is COc1cc(N=Nc2ccccc2)ccc1N=Nc1ccc(N=Nc2ccc3cc(S(=O)(=O)O)c(N)cc3c2O)cc1C. The number of aryl methyl sites for hydroxylation is 1. The summed E-state index contributed by atoms with van der Waals surface area (Å²) in [6.07, 6.45) is 0. The van der Waals surface area contributed by atoms with Gasteiger partial charge in [-0.2, -0.15) is 28.9 Å². The highest BCUT2D eigenvalue weighted by atomic mass is 32.2. The number of aromatic hydroxyl groups is 1. The molecule has 0 radical (unpaired) electrons. The number of methoxy groups -OCH3 is 1. The molecule has 0 atom stereocenters. The second-order valence-corrected chi connectivity index (χ2v) is 10.7. The van der Waals surface area contributed by atoms with Gasteiger partial charge in [-0.15, -0.1) is 10.2 Å². The van der Waals surface area contributed by atoms with Crippen molar-refractivity contribution in [1.29, 1.82) is 0 Å². The molecule has 43 heavy (non-hydrogen) atoms. The lowest BCUT2D eigenvalue weighted by molar-refractivity contribution is 0.416. The fourth-order valence-corrected chi connectivity index (χ4v) is 4.73. The Morgan fingerprint density at radius 3 is 2.00 bits per heavy atom. The smallest absolute Gasteiger partial charge is 0.296 e. The Labute approximate surface area is 246 Å². The van der Waals surface area contributed by atoms with Crippen LogP contribution in [-0.2, 0) is 10.1 Å². The van der Waals surface area contributed by atoms with E-state index in [9.17, 15) is 18.1 Å². The van der Waals surface area contributed by atoms with Crippen LogP contribution < -0.4 is 10.5 Å². The number of nitrogen functional groups attached to an aromatic ring is 1. The molecule has 0 aliphatic rings. The summed E-state index contributed by atoms with van der Waals surface area (Å²) in [7, 11) is -2.98. The molecule has 12 nitrogen and oxygen atoms in total. The molecule has 216 valence electrons. The maximum absolute atomic E-state index is 11.5. The van der Waals surface area contributed by atoms with Crippen LogP contribution in [0.5, 0.6) is 11.5 Å². The third-order valence-corrected chi connectivity index (χ3v) is 7.21. The minimum atomic E-state index is -4.51. The van der Waals surface area contributed by atoms with E-state index in [1.54, 1.807) is 42.5 Å². The lowest BCUT2D eigenvalue weighted by Gasteiger charge is -2.08. The molecule has 0 bridgehead atoms. The van der Waals surface area contributed by atoms with Gasteiger partial charge in [-0.25, -0.2) is 0 Å². The highest BCUT2D eigenvalue weighted by Gasteiger charge is 2.17. The van der Waals surface area contributed by atoms with Crippen molar-refractivity contribution >= 4 is 60.7 Å². The van der Waals surface area contributed by atoms with Crippen LogP contribution in [0.2, 0.25) is 0 Å². The Hall–Kier alpha value is -5.53. The molecular formula is C30H25N7O5S. The zero-order valence-electron chi connectivity index (χ0n) is 22.9. The van der Waals surface area contributed by atoms with Crippen LogP contribution in [0.15, 0.2) is 127 Å². The number of nitrogens with zero attached hydrogens (tertiary/aromatic N) is 6. The van der Waals surface area contributed by atoms with Gasteiger partial charge in [0.25, 0.3) is 10.1 Å². The number of hydrogen-bond donors (Lipinski definition) is 3. The van der Waals surface area contributed by atoms with Gasteiger partial charge in [0, 0.05) is 11.5 Å². The molecule has 0 saturated heterocycles. The predicted octanol–water partition coefficient (Wildman–Crippen LogP) is 8.94. The molecule has 0 unspecified atom stereocenters. The third-order valence-electron chi connectivity index (χ3n) is 6.30. The minimum absolute atomic E-state index is 0.145. The molecule has 0 heterocycles. The molecule has 5 rings (SSSR count). The number of anilines is 1. The molecule has 0 aromatic heterocycles. The number of benzene rings is 5. The number of rotatable bonds is 8.